The molecule has 100 valence electrons. The van der Waals surface area contributed by atoms with Crippen molar-refractivity contribution in [3.8, 4) is 0 Å². The Morgan fingerprint density at radius 1 is 1.11 bits per heavy atom. The summed E-state index contributed by atoms with van der Waals surface area (Å²) in [5.74, 6) is 2.07. The van der Waals surface area contributed by atoms with Crippen LogP contribution in [0.4, 0.5) is 17.3 Å². The number of anilines is 3. The van der Waals surface area contributed by atoms with E-state index in [1.807, 2.05) is 25.2 Å². The molecule has 0 aliphatic rings. The van der Waals surface area contributed by atoms with Crippen LogP contribution in [0.1, 0.15) is 25.3 Å². The summed E-state index contributed by atoms with van der Waals surface area (Å²) in [6, 6.07) is 8.15. The van der Waals surface area contributed by atoms with Crippen molar-refractivity contribution < 1.29 is 0 Å². The van der Waals surface area contributed by atoms with Crippen molar-refractivity contribution in [1.82, 2.24) is 9.97 Å². The Balaban J connectivity index is 2.43. The van der Waals surface area contributed by atoms with Crippen LogP contribution in [0.3, 0.4) is 0 Å². The van der Waals surface area contributed by atoms with E-state index in [4.69, 9.17) is 0 Å². The molecule has 5 heteroatoms. The van der Waals surface area contributed by atoms with Gasteiger partial charge >= 0.3 is 0 Å². The molecule has 1 heterocycles. The third-order valence-corrected chi connectivity index (χ3v) is 3.77. The molecule has 19 heavy (non-hydrogen) atoms. The molecular weight excluding hydrogens is 351 g/mol. The molecule has 0 fully saturated rings. The van der Waals surface area contributed by atoms with Gasteiger partial charge in [-0.15, -0.1) is 0 Å². The Morgan fingerprint density at radius 3 is 2.42 bits per heavy atom. The Hall–Kier alpha value is -1.37. The highest BCUT2D eigenvalue weighted by Gasteiger charge is 2.14. The molecule has 0 radical (unpaired) electrons. The summed E-state index contributed by atoms with van der Waals surface area (Å²) in [5, 5.41) is 6.52. The quantitative estimate of drug-likeness (QED) is 0.802. The number of benzene rings is 1. The Kier molecular flexibility index (Phi) is 4.57. The van der Waals surface area contributed by atoms with Crippen LogP contribution in [0.2, 0.25) is 0 Å². The van der Waals surface area contributed by atoms with Gasteiger partial charge in [-0.05, 0) is 40.6 Å². The molecule has 0 atom stereocenters. The fourth-order valence-corrected chi connectivity index (χ4v) is 2.45. The molecule has 0 saturated carbocycles. The average Bonchev–Trinajstić information content (AvgIpc) is 2.40. The van der Waals surface area contributed by atoms with Gasteiger partial charge in [-0.3, -0.25) is 0 Å². The van der Waals surface area contributed by atoms with Crippen molar-refractivity contribution in [1.29, 1.82) is 0 Å². The number of hydrogen-bond donors (Lipinski definition) is 2. The summed E-state index contributed by atoms with van der Waals surface area (Å²) in [4.78, 5) is 8.66. The predicted octanol–water partition coefficient (Wildman–Crippen LogP) is 3.99. The van der Waals surface area contributed by atoms with Crippen LogP contribution >= 0.6 is 22.6 Å². The van der Waals surface area contributed by atoms with Gasteiger partial charge in [0.2, 0.25) is 0 Å². The number of nitrogens with one attached hydrogen (secondary N) is 2. The molecule has 0 aliphatic heterocycles. The molecule has 0 aliphatic carbocycles. The first kappa shape index (κ1) is 14.0. The minimum atomic E-state index is 0.340. The third kappa shape index (κ3) is 3.15. The number of para-hydroxylation sites is 1. The average molecular weight is 368 g/mol. The van der Waals surface area contributed by atoms with Crippen LogP contribution in [-0.4, -0.2) is 17.0 Å². The van der Waals surface area contributed by atoms with E-state index in [2.05, 4.69) is 63.1 Å². The van der Waals surface area contributed by atoms with Gasteiger partial charge in [-0.25, -0.2) is 9.97 Å². The second kappa shape index (κ2) is 6.18. The second-order valence-electron chi connectivity index (χ2n) is 4.49. The summed E-state index contributed by atoms with van der Waals surface area (Å²) in [6.45, 7) is 4.28. The van der Waals surface area contributed by atoms with E-state index in [0.29, 0.717) is 5.92 Å². The van der Waals surface area contributed by atoms with Crippen LogP contribution in [-0.2, 0) is 0 Å². The highest BCUT2D eigenvalue weighted by molar-refractivity contribution is 14.1. The summed E-state index contributed by atoms with van der Waals surface area (Å²) >= 11 is 2.31. The lowest BCUT2D eigenvalue weighted by atomic mass is 10.0. The van der Waals surface area contributed by atoms with Crippen LogP contribution in [0.5, 0.6) is 0 Å². The summed E-state index contributed by atoms with van der Waals surface area (Å²) in [7, 11) is 1.88. The van der Waals surface area contributed by atoms with Crippen LogP contribution in [0, 0.1) is 3.57 Å². The van der Waals surface area contributed by atoms with Crippen molar-refractivity contribution >= 4 is 39.9 Å². The third-order valence-electron chi connectivity index (χ3n) is 2.82. The van der Waals surface area contributed by atoms with Crippen molar-refractivity contribution in [3.63, 3.8) is 0 Å². The molecule has 2 aromatic rings. The van der Waals surface area contributed by atoms with E-state index in [1.54, 1.807) is 6.33 Å². The highest BCUT2D eigenvalue weighted by Crippen LogP contribution is 2.31. The smallest absolute Gasteiger partial charge is 0.139 e. The van der Waals surface area contributed by atoms with Crippen LogP contribution < -0.4 is 10.6 Å². The second-order valence-corrected chi connectivity index (χ2v) is 5.66. The standard InChI is InChI=1S/C14H17IN4/c1-9(2)12-13(16-3)17-8-18-14(12)19-11-7-5-4-6-10(11)15/h4-9H,1-3H3,(H2,16,17,18,19). The fourth-order valence-electron chi connectivity index (χ4n) is 1.93. The lowest BCUT2D eigenvalue weighted by Gasteiger charge is -2.17. The molecular formula is C14H17IN4. The van der Waals surface area contributed by atoms with Crippen LogP contribution in [0.15, 0.2) is 30.6 Å². The van der Waals surface area contributed by atoms with Gasteiger partial charge in [0.15, 0.2) is 0 Å². The summed E-state index contributed by atoms with van der Waals surface area (Å²) < 4.78 is 1.17. The first-order valence-electron chi connectivity index (χ1n) is 6.17. The number of hydrogen-bond acceptors (Lipinski definition) is 4. The zero-order valence-electron chi connectivity index (χ0n) is 11.2. The van der Waals surface area contributed by atoms with Gasteiger partial charge in [0, 0.05) is 16.2 Å². The van der Waals surface area contributed by atoms with Gasteiger partial charge < -0.3 is 10.6 Å². The molecule has 0 spiro atoms. The minimum absolute atomic E-state index is 0.340. The first-order valence-corrected chi connectivity index (χ1v) is 7.25. The van der Waals surface area contributed by atoms with Gasteiger partial charge in [-0.2, -0.15) is 0 Å². The zero-order chi connectivity index (χ0) is 13.8. The van der Waals surface area contributed by atoms with Gasteiger partial charge in [0.05, 0.1) is 5.69 Å². The first-order chi connectivity index (χ1) is 9.13. The molecule has 1 aromatic carbocycles. The lowest BCUT2D eigenvalue weighted by molar-refractivity contribution is 0.852. The van der Waals surface area contributed by atoms with E-state index in [-0.39, 0.29) is 0 Å². The van der Waals surface area contributed by atoms with Crippen LogP contribution in [0.25, 0.3) is 0 Å². The van der Waals surface area contributed by atoms with Crippen molar-refractivity contribution in [2.45, 2.75) is 19.8 Å². The fraction of sp³-hybridized carbons (Fsp3) is 0.286. The summed E-state index contributed by atoms with van der Waals surface area (Å²) in [6.07, 6.45) is 1.58. The lowest BCUT2D eigenvalue weighted by Crippen LogP contribution is -2.07. The van der Waals surface area contributed by atoms with E-state index >= 15 is 0 Å². The van der Waals surface area contributed by atoms with Gasteiger partial charge in [-0.1, -0.05) is 26.0 Å². The molecule has 0 bridgehead atoms. The minimum Gasteiger partial charge on any atom is -0.373 e. The molecule has 2 N–H and O–H groups in total. The monoisotopic (exact) mass is 368 g/mol. The zero-order valence-corrected chi connectivity index (χ0v) is 13.4. The normalized spacial score (nSPS) is 10.6. The maximum atomic E-state index is 4.38. The van der Waals surface area contributed by atoms with E-state index in [1.165, 1.54) is 3.57 Å². The SMILES string of the molecule is CNc1ncnc(Nc2ccccc2I)c1C(C)C. The Labute approximate surface area is 127 Å². The largest absolute Gasteiger partial charge is 0.373 e. The number of nitrogens with zero attached hydrogens (tertiary/aromatic N) is 2. The maximum Gasteiger partial charge on any atom is 0.139 e. The maximum absolute atomic E-state index is 4.38. The molecule has 0 saturated heterocycles. The molecule has 0 unspecified atom stereocenters. The van der Waals surface area contributed by atoms with Crippen molar-refractivity contribution in [3.05, 3.63) is 39.7 Å². The van der Waals surface area contributed by atoms with Crippen molar-refractivity contribution in [2.24, 2.45) is 0 Å². The Morgan fingerprint density at radius 2 is 1.79 bits per heavy atom. The number of halogens is 1. The molecule has 1 aromatic heterocycles. The summed E-state index contributed by atoms with van der Waals surface area (Å²) in [5.41, 5.74) is 2.16. The van der Waals surface area contributed by atoms with Gasteiger partial charge in [0.25, 0.3) is 0 Å². The van der Waals surface area contributed by atoms with E-state index in [0.717, 1.165) is 22.9 Å². The molecule has 0 amide bonds. The molecule has 2 rings (SSSR count). The van der Waals surface area contributed by atoms with E-state index in [9.17, 15) is 0 Å². The van der Waals surface area contributed by atoms with E-state index < -0.39 is 0 Å². The molecule has 4 nitrogen and oxygen atoms in total. The number of aromatic nitrogens is 2. The predicted molar refractivity (Wildman–Crippen MR) is 88.1 cm³/mol. The van der Waals surface area contributed by atoms with Crippen molar-refractivity contribution in [2.75, 3.05) is 17.7 Å². The van der Waals surface area contributed by atoms with Gasteiger partial charge in [0.1, 0.15) is 18.0 Å². The number of rotatable bonds is 4. The topological polar surface area (TPSA) is 49.8 Å². The Bertz CT molecular complexity index is 569. The highest BCUT2D eigenvalue weighted by atomic mass is 127.